The van der Waals surface area contributed by atoms with Gasteiger partial charge < -0.3 is 19.1 Å². The summed E-state index contributed by atoms with van der Waals surface area (Å²) in [4.78, 5) is 45.5. The number of carbonyl (C=O) groups excluding carboxylic acids is 3. The first-order chi connectivity index (χ1) is 18.0. The van der Waals surface area contributed by atoms with Crippen LogP contribution in [-0.4, -0.2) is 75.4 Å². The van der Waals surface area contributed by atoms with Crippen LogP contribution in [0.3, 0.4) is 0 Å². The van der Waals surface area contributed by atoms with Crippen molar-refractivity contribution in [2.45, 2.75) is 72.4 Å². The Balaban J connectivity index is 2.17. The lowest BCUT2D eigenvalue weighted by molar-refractivity contribution is -0.142. The zero-order valence-electron chi connectivity index (χ0n) is 23.8. The average Bonchev–Trinajstić information content (AvgIpc) is 3.33. The molecule has 210 valence electrons. The normalized spacial score (nSPS) is 21.6. The Labute approximate surface area is 231 Å². The van der Waals surface area contributed by atoms with E-state index in [0.29, 0.717) is 42.8 Å². The van der Waals surface area contributed by atoms with E-state index in [1.807, 2.05) is 20.8 Å². The van der Waals surface area contributed by atoms with Gasteiger partial charge in [-0.3, -0.25) is 14.5 Å². The van der Waals surface area contributed by atoms with Crippen molar-refractivity contribution in [1.29, 1.82) is 0 Å². The summed E-state index contributed by atoms with van der Waals surface area (Å²) < 4.78 is 16.3. The minimum Gasteiger partial charge on any atom is -0.465 e. The van der Waals surface area contributed by atoms with Crippen LogP contribution < -0.4 is 4.90 Å². The molecule has 2 heterocycles. The maximum Gasteiger partial charge on any atom is 0.350 e. The predicted octanol–water partition coefficient (Wildman–Crippen LogP) is 4.35. The van der Waals surface area contributed by atoms with Crippen LogP contribution in [0.25, 0.3) is 0 Å². The second-order valence-corrected chi connectivity index (χ2v) is 12.4. The molecule has 0 N–H and O–H groups in total. The van der Waals surface area contributed by atoms with Gasteiger partial charge in [-0.1, -0.05) is 18.8 Å². The van der Waals surface area contributed by atoms with Crippen molar-refractivity contribution in [3.63, 3.8) is 0 Å². The topological polar surface area (TPSA) is 85.4 Å². The van der Waals surface area contributed by atoms with Crippen molar-refractivity contribution in [3.05, 3.63) is 15.8 Å². The molecular weight excluding hydrogens is 504 g/mol. The molecular formula is C29H42N2O6S. The number of amides is 2. The number of carbonyl (C=O) groups is 3. The molecule has 8 nitrogen and oxygen atoms in total. The van der Waals surface area contributed by atoms with E-state index >= 15 is 0 Å². The molecule has 1 aromatic rings. The van der Waals surface area contributed by atoms with Gasteiger partial charge in [0.05, 0.1) is 37.0 Å². The van der Waals surface area contributed by atoms with E-state index in [-0.39, 0.29) is 28.0 Å². The van der Waals surface area contributed by atoms with E-state index in [1.54, 1.807) is 17.9 Å². The standard InChI is InChI=1S/C29H42N2O6S/c1-19-8-10-21(11-9-19)26(32)31(24(20(2)35-6)27(33)30-14-16-37-17-15-30)23-18-22(12-13-29(3,4)5)38-25(23)28(34)36-7/h18-21,24H,8-11,14-17H2,1-7H3/t19-,20-,21-,24-/m0/s1. The van der Waals surface area contributed by atoms with Crippen LogP contribution in [0.2, 0.25) is 0 Å². The van der Waals surface area contributed by atoms with Crippen LogP contribution in [0.4, 0.5) is 5.69 Å². The third-order valence-corrected chi connectivity index (χ3v) is 8.20. The summed E-state index contributed by atoms with van der Waals surface area (Å²) >= 11 is 1.18. The number of morpholine rings is 1. The Morgan fingerprint density at radius 1 is 1.13 bits per heavy atom. The first-order valence-electron chi connectivity index (χ1n) is 13.4. The maximum atomic E-state index is 14.3. The van der Waals surface area contributed by atoms with Crippen LogP contribution in [0, 0.1) is 29.1 Å². The Hall–Kier alpha value is -2.41. The number of thiophene rings is 1. The third kappa shape index (κ3) is 7.37. The molecule has 1 aromatic heterocycles. The van der Waals surface area contributed by atoms with E-state index in [0.717, 1.165) is 25.7 Å². The molecule has 0 aromatic carbocycles. The summed E-state index contributed by atoms with van der Waals surface area (Å²) in [5.41, 5.74) is 0.114. The van der Waals surface area contributed by atoms with Crippen LogP contribution in [0.1, 0.15) is 74.9 Å². The van der Waals surface area contributed by atoms with Gasteiger partial charge in [0, 0.05) is 31.5 Å². The maximum absolute atomic E-state index is 14.3. The summed E-state index contributed by atoms with van der Waals surface area (Å²) in [5, 5.41) is 0. The number of hydrogen-bond donors (Lipinski definition) is 0. The van der Waals surface area contributed by atoms with Crippen LogP contribution in [0.5, 0.6) is 0 Å². The van der Waals surface area contributed by atoms with E-state index in [1.165, 1.54) is 30.5 Å². The van der Waals surface area contributed by atoms with E-state index in [9.17, 15) is 14.4 Å². The molecule has 9 heteroatoms. The van der Waals surface area contributed by atoms with Gasteiger partial charge in [0.15, 0.2) is 0 Å². The van der Waals surface area contributed by atoms with Crippen molar-refractivity contribution in [2.75, 3.05) is 45.4 Å². The van der Waals surface area contributed by atoms with Crippen molar-refractivity contribution < 1.29 is 28.6 Å². The van der Waals surface area contributed by atoms with E-state index in [4.69, 9.17) is 14.2 Å². The lowest BCUT2D eigenvalue weighted by Crippen LogP contribution is -2.59. The second kappa shape index (κ2) is 13.1. The second-order valence-electron chi connectivity index (χ2n) is 11.3. The molecule has 3 rings (SSSR count). The summed E-state index contributed by atoms with van der Waals surface area (Å²) in [6.45, 7) is 11.8. The first-order valence-corrected chi connectivity index (χ1v) is 14.3. The highest BCUT2D eigenvalue weighted by molar-refractivity contribution is 7.15. The Morgan fingerprint density at radius 3 is 2.32 bits per heavy atom. The molecule has 0 bridgehead atoms. The number of anilines is 1. The minimum atomic E-state index is -0.952. The molecule has 2 atom stereocenters. The van der Waals surface area contributed by atoms with Crippen molar-refractivity contribution >= 4 is 34.8 Å². The molecule has 38 heavy (non-hydrogen) atoms. The summed E-state index contributed by atoms with van der Waals surface area (Å²) in [6, 6.07) is 0.799. The molecule has 0 unspecified atom stereocenters. The number of rotatable bonds is 7. The van der Waals surface area contributed by atoms with Crippen LogP contribution in [-0.2, 0) is 23.8 Å². The zero-order valence-corrected chi connectivity index (χ0v) is 24.6. The number of hydrogen-bond acceptors (Lipinski definition) is 7. The van der Waals surface area contributed by atoms with Gasteiger partial charge in [0.2, 0.25) is 11.8 Å². The molecule has 2 fully saturated rings. The number of methoxy groups -OCH3 is 2. The number of esters is 1. The lowest BCUT2D eigenvalue weighted by atomic mass is 9.82. The molecule has 0 spiro atoms. The molecule has 2 amide bonds. The SMILES string of the molecule is COC(=O)c1sc(C#CC(C)(C)C)cc1N(C(=O)[C@H]1CC[C@H](C)CC1)[C@H](C(=O)N1CCOCC1)[C@H](C)OC. The fourth-order valence-corrected chi connectivity index (χ4v) is 5.76. The van der Waals surface area contributed by atoms with Gasteiger partial charge in [-0.25, -0.2) is 4.79 Å². The Kier molecular flexibility index (Phi) is 10.4. The molecule has 1 saturated heterocycles. The number of nitrogens with zero attached hydrogens (tertiary/aromatic N) is 2. The summed E-state index contributed by atoms with van der Waals surface area (Å²) in [5.74, 6) is 5.73. The van der Waals surface area contributed by atoms with Gasteiger partial charge in [-0.05, 0) is 65.4 Å². The molecule has 0 radical (unpaired) electrons. The van der Waals surface area contributed by atoms with Gasteiger partial charge in [-0.15, -0.1) is 11.3 Å². The van der Waals surface area contributed by atoms with Gasteiger partial charge in [0.1, 0.15) is 10.9 Å². The van der Waals surface area contributed by atoms with Crippen molar-refractivity contribution in [3.8, 4) is 11.8 Å². The monoisotopic (exact) mass is 546 g/mol. The van der Waals surface area contributed by atoms with Gasteiger partial charge in [-0.2, -0.15) is 0 Å². The smallest absolute Gasteiger partial charge is 0.350 e. The molecule has 1 aliphatic carbocycles. The van der Waals surface area contributed by atoms with Crippen LogP contribution >= 0.6 is 11.3 Å². The fourth-order valence-electron chi connectivity index (χ4n) is 4.84. The Bertz CT molecular complexity index is 1050. The van der Waals surface area contributed by atoms with E-state index < -0.39 is 18.1 Å². The van der Waals surface area contributed by atoms with Gasteiger partial charge >= 0.3 is 5.97 Å². The van der Waals surface area contributed by atoms with Crippen molar-refractivity contribution in [1.82, 2.24) is 4.90 Å². The number of ether oxygens (including phenoxy) is 3. The largest absolute Gasteiger partial charge is 0.465 e. The lowest BCUT2D eigenvalue weighted by Gasteiger charge is -2.40. The minimum absolute atomic E-state index is 0.161. The molecule has 2 aliphatic rings. The molecule has 1 saturated carbocycles. The summed E-state index contributed by atoms with van der Waals surface area (Å²) in [7, 11) is 2.85. The average molecular weight is 547 g/mol. The fraction of sp³-hybridized carbons (Fsp3) is 0.690. The van der Waals surface area contributed by atoms with E-state index in [2.05, 4.69) is 18.8 Å². The highest BCUT2D eigenvalue weighted by Gasteiger charge is 2.43. The van der Waals surface area contributed by atoms with Gasteiger partial charge in [0.25, 0.3) is 0 Å². The third-order valence-electron chi connectivity index (χ3n) is 7.18. The predicted molar refractivity (Wildman–Crippen MR) is 148 cm³/mol. The van der Waals surface area contributed by atoms with Crippen molar-refractivity contribution in [2.24, 2.45) is 17.3 Å². The quantitative estimate of drug-likeness (QED) is 0.373. The Morgan fingerprint density at radius 2 is 1.76 bits per heavy atom. The first kappa shape index (κ1) is 30.1. The highest BCUT2D eigenvalue weighted by Crippen LogP contribution is 2.37. The summed E-state index contributed by atoms with van der Waals surface area (Å²) in [6.07, 6.45) is 2.76. The zero-order chi connectivity index (χ0) is 28.0. The molecule has 1 aliphatic heterocycles. The van der Waals surface area contributed by atoms with Crippen LogP contribution in [0.15, 0.2) is 6.07 Å². The highest BCUT2D eigenvalue weighted by atomic mass is 32.1.